The molecule has 2 aromatic carbocycles. The standard InChI is InChI=1S/C17H13ClN4O/c1-11(23)17-20-21(13-8-6-12(18)7-9-13)10-16-19-14-4-2-3-5-15(14)22(16)17/h2-9H,10H2,1H3. The summed E-state index contributed by atoms with van der Waals surface area (Å²) in [5.74, 6) is 1.06. The van der Waals surface area contributed by atoms with Crippen molar-refractivity contribution >= 4 is 39.9 Å². The highest BCUT2D eigenvalue weighted by atomic mass is 35.5. The van der Waals surface area contributed by atoms with Crippen molar-refractivity contribution in [2.24, 2.45) is 5.10 Å². The molecule has 1 aliphatic heterocycles. The monoisotopic (exact) mass is 324 g/mol. The molecule has 1 aliphatic rings. The second-order valence-electron chi connectivity index (χ2n) is 5.37. The lowest BCUT2D eigenvalue weighted by atomic mass is 10.3. The van der Waals surface area contributed by atoms with Crippen LogP contribution in [0.15, 0.2) is 53.6 Å². The fourth-order valence-electron chi connectivity index (χ4n) is 2.74. The maximum absolute atomic E-state index is 12.1. The molecular weight excluding hydrogens is 312 g/mol. The van der Waals surface area contributed by atoms with Crippen LogP contribution < -0.4 is 5.01 Å². The Balaban J connectivity index is 1.88. The third kappa shape index (κ3) is 2.29. The van der Waals surface area contributed by atoms with Crippen LogP contribution >= 0.6 is 11.6 Å². The molecule has 0 amide bonds. The molecule has 0 atom stereocenters. The van der Waals surface area contributed by atoms with E-state index in [1.807, 2.05) is 41.0 Å². The van der Waals surface area contributed by atoms with Crippen molar-refractivity contribution in [3.05, 3.63) is 59.4 Å². The van der Waals surface area contributed by atoms with Crippen molar-refractivity contribution < 1.29 is 4.79 Å². The van der Waals surface area contributed by atoms with Gasteiger partial charge in [-0.25, -0.2) is 4.98 Å². The van der Waals surface area contributed by atoms with E-state index in [0.717, 1.165) is 22.5 Å². The summed E-state index contributed by atoms with van der Waals surface area (Å²) in [5.41, 5.74) is 2.62. The average Bonchev–Trinajstić information content (AvgIpc) is 2.93. The van der Waals surface area contributed by atoms with Crippen LogP contribution in [0.1, 0.15) is 12.7 Å². The van der Waals surface area contributed by atoms with Crippen molar-refractivity contribution in [1.29, 1.82) is 0 Å². The number of fused-ring (bicyclic) bond motifs is 3. The summed E-state index contributed by atoms with van der Waals surface area (Å²) in [6.45, 7) is 2.01. The number of para-hydroxylation sites is 2. The number of rotatable bonds is 2. The number of hydrogen-bond acceptors (Lipinski definition) is 4. The first-order valence-corrected chi connectivity index (χ1v) is 7.60. The van der Waals surface area contributed by atoms with Gasteiger partial charge in [-0.1, -0.05) is 23.7 Å². The number of aromatic nitrogens is 2. The maximum Gasteiger partial charge on any atom is 0.202 e. The number of imidazole rings is 1. The molecular formula is C17H13ClN4O. The third-order valence-corrected chi connectivity index (χ3v) is 4.04. The Labute approximate surface area is 137 Å². The van der Waals surface area contributed by atoms with Gasteiger partial charge in [-0.3, -0.25) is 14.4 Å². The van der Waals surface area contributed by atoms with Gasteiger partial charge >= 0.3 is 0 Å². The first-order valence-electron chi connectivity index (χ1n) is 7.23. The second kappa shape index (κ2) is 5.21. The zero-order valence-corrected chi connectivity index (χ0v) is 13.2. The molecule has 0 N–H and O–H groups in total. The number of carbonyl (C=O) groups excluding carboxylic acids is 1. The number of hydrazone groups is 1. The van der Waals surface area contributed by atoms with E-state index in [2.05, 4.69) is 10.1 Å². The first kappa shape index (κ1) is 14.0. The molecule has 0 bridgehead atoms. The van der Waals surface area contributed by atoms with Crippen molar-refractivity contribution in [3.63, 3.8) is 0 Å². The molecule has 23 heavy (non-hydrogen) atoms. The molecule has 0 spiro atoms. The zero-order chi connectivity index (χ0) is 16.0. The van der Waals surface area contributed by atoms with Crippen molar-refractivity contribution in [2.75, 3.05) is 5.01 Å². The minimum Gasteiger partial charge on any atom is -0.291 e. The van der Waals surface area contributed by atoms with Gasteiger partial charge in [0.15, 0.2) is 5.78 Å². The summed E-state index contributed by atoms with van der Waals surface area (Å²) in [5, 5.41) is 6.96. The van der Waals surface area contributed by atoms with Gasteiger partial charge in [-0.2, -0.15) is 0 Å². The van der Waals surface area contributed by atoms with Crippen molar-refractivity contribution in [2.45, 2.75) is 13.5 Å². The summed E-state index contributed by atoms with van der Waals surface area (Å²) < 4.78 is 1.84. The summed E-state index contributed by atoms with van der Waals surface area (Å²) >= 11 is 5.94. The number of ketones is 1. The van der Waals surface area contributed by atoms with E-state index in [-0.39, 0.29) is 5.78 Å². The fraction of sp³-hybridized carbons (Fsp3) is 0.118. The molecule has 0 saturated heterocycles. The van der Waals surface area contributed by atoms with E-state index in [0.29, 0.717) is 17.4 Å². The molecule has 3 aromatic rings. The molecule has 0 saturated carbocycles. The van der Waals surface area contributed by atoms with E-state index >= 15 is 0 Å². The number of Topliss-reactive ketones (excluding diaryl/α,β-unsaturated/α-hetero) is 1. The van der Waals surface area contributed by atoms with Crippen LogP contribution in [0.5, 0.6) is 0 Å². The van der Waals surface area contributed by atoms with Gasteiger partial charge in [0.1, 0.15) is 12.4 Å². The Hall–Kier alpha value is -2.66. The van der Waals surface area contributed by atoms with Crippen LogP contribution in [-0.4, -0.2) is 21.2 Å². The van der Waals surface area contributed by atoms with Gasteiger partial charge in [0.05, 0.1) is 16.7 Å². The highest BCUT2D eigenvalue weighted by Gasteiger charge is 2.25. The normalized spacial score (nSPS) is 13.8. The minimum atomic E-state index is -0.104. The number of carbonyl (C=O) groups is 1. The minimum absolute atomic E-state index is 0.104. The van der Waals surface area contributed by atoms with E-state index < -0.39 is 0 Å². The maximum atomic E-state index is 12.1. The van der Waals surface area contributed by atoms with Crippen LogP contribution in [0, 0.1) is 0 Å². The Morgan fingerprint density at radius 2 is 1.87 bits per heavy atom. The van der Waals surface area contributed by atoms with Crippen LogP contribution in [0.25, 0.3) is 11.0 Å². The number of benzene rings is 2. The molecule has 0 aliphatic carbocycles. The quantitative estimate of drug-likeness (QED) is 0.725. The zero-order valence-electron chi connectivity index (χ0n) is 12.4. The van der Waals surface area contributed by atoms with E-state index in [9.17, 15) is 4.79 Å². The van der Waals surface area contributed by atoms with Crippen LogP contribution in [0.3, 0.4) is 0 Å². The van der Waals surface area contributed by atoms with Crippen molar-refractivity contribution in [3.8, 4) is 0 Å². The summed E-state index contributed by atoms with van der Waals surface area (Å²) in [6, 6.07) is 15.1. The van der Waals surface area contributed by atoms with Crippen LogP contribution in [0.2, 0.25) is 5.02 Å². The van der Waals surface area contributed by atoms with Gasteiger partial charge in [0.2, 0.25) is 5.84 Å². The predicted octanol–water partition coefficient (Wildman–Crippen LogP) is 3.46. The molecule has 4 rings (SSSR count). The molecule has 6 heteroatoms. The van der Waals surface area contributed by atoms with Crippen LogP contribution in [0.4, 0.5) is 5.69 Å². The lowest BCUT2D eigenvalue weighted by Gasteiger charge is -2.25. The van der Waals surface area contributed by atoms with E-state index in [1.54, 1.807) is 17.1 Å². The molecule has 0 unspecified atom stereocenters. The number of anilines is 1. The SMILES string of the molecule is CC(=O)C1=NN(c2ccc(Cl)cc2)Cc2nc3ccccc3n21. The number of halogens is 1. The summed E-state index contributed by atoms with van der Waals surface area (Å²) in [7, 11) is 0. The van der Waals surface area contributed by atoms with Gasteiger partial charge < -0.3 is 0 Å². The van der Waals surface area contributed by atoms with E-state index in [1.165, 1.54) is 6.92 Å². The van der Waals surface area contributed by atoms with Gasteiger partial charge in [-0.05, 0) is 36.4 Å². The average molecular weight is 325 g/mol. The molecule has 114 valence electrons. The highest BCUT2D eigenvalue weighted by molar-refractivity contribution is 6.40. The van der Waals surface area contributed by atoms with Crippen LogP contribution in [-0.2, 0) is 11.3 Å². The molecule has 0 radical (unpaired) electrons. The fourth-order valence-corrected chi connectivity index (χ4v) is 2.86. The van der Waals surface area contributed by atoms with Gasteiger partial charge in [0, 0.05) is 11.9 Å². The second-order valence-corrected chi connectivity index (χ2v) is 5.80. The van der Waals surface area contributed by atoms with Gasteiger partial charge in [-0.15, -0.1) is 5.10 Å². The predicted molar refractivity (Wildman–Crippen MR) is 90.9 cm³/mol. The Morgan fingerprint density at radius 1 is 1.13 bits per heavy atom. The Bertz CT molecular complexity index is 943. The highest BCUT2D eigenvalue weighted by Crippen LogP contribution is 2.26. The smallest absolute Gasteiger partial charge is 0.202 e. The Morgan fingerprint density at radius 3 is 2.61 bits per heavy atom. The molecule has 5 nitrogen and oxygen atoms in total. The molecule has 0 fully saturated rings. The number of nitrogens with zero attached hydrogens (tertiary/aromatic N) is 4. The lowest BCUT2D eigenvalue weighted by Crippen LogP contribution is -2.34. The first-order chi connectivity index (χ1) is 11.1. The lowest BCUT2D eigenvalue weighted by molar-refractivity contribution is -0.111. The molecule has 1 aromatic heterocycles. The van der Waals surface area contributed by atoms with Gasteiger partial charge in [0.25, 0.3) is 0 Å². The van der Waals surface area contributed by atoms with Crippen molar-refractivity contribution in [1.82, 2.24) is 9.55 Å². The van der Waals surface area contributed by atoms with E-state index in [4.69, 9.17) is 11.6 Å². The largest absolute Gasteiger partial charge is 0.291 e. The topological polar surface area (TPSA) is 50.5 Å². The Kier molecular flexibility index (Phi) is 3.16. The summed E-state index contributed by atoms with van der Waals surface area (Å²) in [6.07, 6.45) is 0. The molecule has 2 heterocycles. The number of hydrogen-bond donors (Lipinski definition) is 0. The third-order valence-electron chi connectivity index (χ3n) is 3.79. The summed E-state index contributed by atoms with van der Waals surface area (Å²) in [4.78, 5) is 16.7.